The highest BCUT2D eigenvalue weighted by Gasteiger charge is 2.10. The predicted molar refractivity (Wildman–Crippen MR) is 59.1 cm³/mol. The molecule has 0 saturated carbocycles. The first-order valence-corrected chi connectivity index (χ1v) is 5.64. The molecule has 15 heavy (non-hydrogen) atoms. The second-order valence-corrected chi connectivity index (χ2v) is 3.67. The molecule has 0 radical (unpaired) electrons. The molecular weight excluding hydrogens is 192 g/mol. The van der Waals surface area contributed by atoms with Gasteiger partial charge < -0.3 is 14.9 Å². The van der Waals surface area contributed by atoms with E-state index in [1.165, 1.54) is 37.2 Å². The van der Waals surface area contributed by atoms with Crippen LogP contribution < -0.4 is 0 Å². The normalized spacial score (nSPS) is 19.1. The number of aliphatic hydroxyl groups excluding tert-OH is 2. The molecule has 0 unspecified atom stereocenters. The van der Waals surface area contributed by atoms with Crippen LogP contribution in [0.15, 0.2) is 23.7 Å². The Labute approximate surface area is 91.1 Å². The van der Waals surface area contributed by atoms with Gasteiger partial charge in [-0.05, 0) is 37.8 Å². The third-order valence-corrected chi connectivity index (χ3v) is 2.36. The van der Waals surface area contributed by atoms with Crippen molar-refractivity contribution in [2.45, 2.75) is 38.5 Å². The first-order chi connectivity index (χ1) is 7.36. The van der Waals surface area contributed by atoms with E-state index >= 15 is 0 Å². The van der Waals surface area contributed by atoms with E-state index in [0.717, 1.165) is 12.8 Å². The minimum atomic E-state index is -0.125. The van der Waals surface area contributed by atoms with Gasteiger partial charge >= 0.3 is 0 Å². The minimum Gasteiger partial charge on any atom is -0.467 e. The summed E-state index contributed by atoms with van der Waals surface area (Å²) < 4.78 is 5.69. The first-order valence-electron chi connectivity index (χ1n) is 5.64. The Morgan fingerprint density at radius 1 is 0.933 bits per heavy atom. The minimum absolute atomic E-state index is 0.125. The monoisotopic (exact) mass is 212 g/mol. The van der Waals surface area contributed by atoms with Crippen molar-refractivity contribution in [2.75, 3.05) is 13.2 Å². The molecule has 86 valence electrons. The molecular formula is C12H20O3. The summed E-state index contributed by atoms with van der Waals surface area (Å²) in [7, 11) is 0. The zero-order chi connectivity index (χ0) is 10.9. The molecule has 0 aromatic rings. The Morgan fingerprint density at radius 2 is 1.40 bits per heavy atom. The molecule has 2 rings (SSSR count). The Kier molecular flexibility index (Phi) is 6.12. The van der Waals surface area contributed by atoms with E-state index in [0.29, 0.717) is 0 Å². The van der Waals surface area contributed by atoms with Gasteiger partial charge in [0, 0.05) is 12.8 Å². The maximum atomic E-state index is 7.62. The molecule has 0 spiro atoms. The molecule has 0 aliphatic heterocycles. The number of rotatable bonds is 3. The summed E-state index contributed by atoms with van der Waals surface area (Å²) >= 11 is 0. The van der Waals surface area contributed by atoms with Crippen LogP contribution in [0.4, 0.5) is 0 Å². The Morgan fingerprint density at radius 3 is 1.67 bits per heavy atom. The molecule has 3 nitrogen and oxygen atoms in total. The topological polar surface area (TPSA) is 49.7 Å². The zero-order valence-electron chi connectivity index (χ0n) is 9.11. The van der Waals surface area contributed by atoms with E-state index in [-0.39, 0.29) is 13.2 Å². The summed E-state index contributed by atoms with van der Waals surface area (Å²) in [6, 6.07) is 0. The number of aliphatic hydroxyl groups is 2. The van der Waals surface area contributed by atoms with Crippen LogP contribution in [0.5, 0.6) is 0 Å². The lowest BCUT2D eigenvalue weighted by molar-refractivity contribution is 0.186. The van der Waals surface area contributed by atoms with Crippen molar-refractivity contribution < 1.29 is 14.9 Å². The Hall–Kier alpha value is -0.800. The van der Waals surface area contributed by atoms with Gasteiger partial charge in [-0.1, -0.05) is 0 Å². The van der Waals surface area contributed by atoms with E-state index < -0.39 is 0 Å². The second-order valence-electron chi connectivity index (χ2n) is 3.67. The molecule has 0 atom stereocenters. The van der Waals surface area contributed by atoms with Gasteiger partial charge in [0.05, 0.1) is 24.7 Å². The van der Waals surface area contributed by atoms with Crippen molar-refractivity contribution in [3.63, 3.8) is 0 Å². The molecule has 3 heteroatoms. The Bertz CT molecular complexity index is 207. The predicted octanol–water partition coefficient (Wildman–Crippen LogP) is 2.11. The fraction of sp³-hybridized carbons (Fsp3) is 0.667. The average Bonchev–Trinajstić information content (AvgIpc) is 2.92. The lowest BCUT2D eigenvalue weighted by atomic mass is 10.3. The quantitative estimate of drug-likeness (QED) is 0.753. The maximum Gasteiger partial charge on any atom is 0.0996 e. The van der Waals surface area contributed by atoms with Gasteiger partial charge in [-0.25, -0.2) is 0 Å². The number of ether oxygens (including phenoxy) is 1. The van der Waals surface area contributed by atoms with Crippen molar-refractivity contribution >= 4 is 0 Å². The van der Waals surface area contributed by atoms with Crippen LogP contribution in [-0.2, 0) is 4.74 Å². The maximum absolute atomic E-state index is 7.62. The van der Waals surface area contributed by atoms with Crippen LogP contribution in [0.25, 0.3) is 0 Å². The number of hydrogen-bond donors (Lipinski definition) is 2. The molecule has 0 fully saturated rings. The summed E-state index contributed by atoms with van der Waals surface area (Å²) in [4.78, 5) is 0. The van der Waals surface area contributed by atoms with Crippen LogP contribution >= 0.6 is 0 Å². The summed E-state index contributed by atoms with van der Waals surface area (Å²) in [6.45, 7) is -0.250. The molecule has 0 heterocycles. The molecule has 0 aromatic carbocycles. The summed E-state index contributed by atoms with van der Waals surface area (Å²) in [5.74, 6) is 2.41. The van der Waals surface area contributed by atoms with Crippen LogP contribution in [-0.4, -0.2) is 23.4 Å². The lowest BCUT2D eigenvalue weighted by Gasteiger charge is -2.05. The molecule has 2 aliphatic rings. The molecule has 0 bridgehead atoms. The van der Waals surface area contributed by atoms with Gasteiger partial charge in [0.15, 0.2) is 0 Å². The fourth-order valence-electron chi connectivity index (χ4n) is 1.64. The standard InChI is InChI=1S/C10H14O.C2H6O2/c1-2-6-9(5-1)11-10-7-3-4-8-10;3-1-2-4/h5,7H,1-4,6,8H2;3-4H,1-2H2. The van der Waals surface area contributed by atoms with Crippen LogP contribution in [0.3, 0.4) is 0 Å². The van der Waals surface area contributed by atoms with E-state index in [2.05, 4.69) is 12.2 Å². The van der Waals surface area contributed by atoms with E-state index in [1.807, 2.05) is 0 Å². The molecule has 0 amide bonds. The third-order valence-electron chi connectivity index (χ3n) is 2.36. The van der Waals surface area contributed by atoms with Gasteiger partial charge in [-0.3, -0.25) is 0 Å². The van der Waals surface area contributed by atoms with E-state index in [1.54, 1.807) is 0 Å². The van der Waals surface area contributed by atoms with Gasteiger partial charge in [-0.2, -0.15) is 0 Å². The average molecular weight is 212 g/mol. The van der Waals surface area contributed by atoms with Crippen molar-refractivity contribution in [3.05, 3.63) is 23.7 Å². The summed E-state index contributed by atoms with van der Waals surface area (Å²) in [6.07, 6.45) is 11.7. The van der Waals surface area contributed by atoms with Gasteiger partial charge in [0.1, 0.15) is 0 Å². The highest BCUT2D eigenvalue weighted by Crippen LogP contribution is 2.26. The second kappa shape index (κ2) is 7.49. The number of hydrogen-bond acceptors (Lipinski definition) is 3. The van der Waals surface area contributed by atoms with Crippen LogP contribution in [0.2, 0.25) is 0 Å². The van der Waals surface area contributed by atoms with Crippen LogP contribution in [0, 0.1) is 0 Å². The van der Waals surface area contributed by atoms with Crippen molar-refractivity contribution in [1.29, 1.82) is 0 Å². The van der Waals surface area contributed by atoms with Gasteiger partial charge in [0.25, 0.3) is 0 Å². The Balaban J connectivity index is 0.000000245. The van der Waals surface area contributed by atoms with E-state index in [9.17, 15) is 0 Å². The van der Waals surface area contributed by atoms with Crippen molar-refractivity contribution in [1.82, 2.24) is 0 Å². The van der Waals surface area contributed by atoms with E-state index in [4.69, 9.17) is 14.9 Å². The molecule has 2 N–H and O–H groups in total. The number of allylic oxidation sites excluding steroid dienone is 4. The summed E-state index contributed by atoms with van der Waals surface area (Å²) in [5, 5.41) is 15.2. The van der Waals surface area contributed by atoms with Crippen molar-refractivity contribution in [3.8, 4) is 0 Å². The highest BCUT2D eigenvalue weighted by atomic mass is 16.5. The third kappa shape index (κ3) is 5.00. The van der Waals surface area contributed by atoms with Crippen molar-refractivity contribution in [2.24, 2.45) is 0 Å². The zero-order valence-corrected chi connectivity index (χ0v) is 9.11. The molecule has 0 aromatic heterocycles. The molecule has 0 saturated heterocycles. The molecule has 2 aliphatic carbocycles. The highest BCUT2D eigenvalue weighted by molar-refractivity contribution is 5.08. The van der Waals surface area contributed by atoms with Crippen LogP contribution in [0.1, 0.15) is 38.5 Å². The van der Waals surface area contributed by atoms with Gasteiger partial charge in [-0.15, -0.1) is 0 Å². The SMILES string of the molecule is C1=C(OC2=CCCC2)CCC1.OCCO. The lowest BCUT2D eigenvalue weighted by Crippen LogP contribution is -1.87. The summed E-state index contributed by atoms with van der Waals surface area (Å²) in [5.41, 5.74) is 0. The van der Waals surface area contributed by atoms with Gasteiger partial charge in [0.2, 0.25) is 0 Å². The first kappa shape index (κ1) is 12.3. The smallest absolute Gasteiger partial charge is 0.0996 e. The fourth-order valence-corrected chi connectivity index (χ4v) is 1.64. The largest absolute Gasteiger partial charge is 0.467 e.